The highest BCUT2D eigenvalue weighted by atomic mass is 79.9. The molecule has 0 spiro atoms. The van der Waals surface area contributed by atoms with Crippen molar-refractivity contribution in [2.45, 2.75) is 13.3 Å². The van der Waals surface area contributed by atoms with E-state index in [0.29, 0.717) is 0 Å². The molecule has 0 aliphatic rings. The number of nitrogens with one attached hydrogen (secondary N) is 1. The van der Waals surface area contributed by atoms with E-state index in [9.17, 15) is 5.11 Å². The molecule has 2 N–H and O–H groups in total. The van der Waals surface area contributed by atoms with Gasteiger partial charge >= 0.3 is 0 Å². The summed E-state index contributed by atoms with van der Waals surface area (Å²) in [6.07, 6.45) is 2.73. The first-order chi connectivity index (χ1) is 7.72. The van der Waals surface area contributed by atoms with Crippen molar-refractivity contribution < 1.29 is 5.11 Å². The van der Waals surface area contributed by atoms with Crippen LogP contribution in [0.2, 0.25) is 0 Å². The third kappa shape index (κ3) is 2.11. The monoisotopic (exact) mass is 280 g/mol. The van der Waals surface area contributed by atoms with Crippen molar-refractivity contribution in [1.82, 2.24) is 4.98 Å². The summed E-state index contributed by atoms with van der Waals surface area (Å²) >= 11 is 3.42. The molecule has 2 rings (SSSR count). The van der Waals surface area contributed by atoms with Crippen molar-refractivity contribution in [2.24, 2.45) is 4.99 Å². The van der Waals surface area contributed by atoms with Gasteiger partial charge < -0.3 is 10.1 Å². The quantitative estimate of drug-likeness (QED) is 0.831. The molecule has 0 saturated heterocycles. The zero-order valence-electron chi connectivity index (χ0n) is 9.00. The maximum atomic E-state index is 9.76. The third-order valence-electron chi connectivity index (χ3n) is 2.35. The molecule has 2 aromatic rings. The molecule has 0 fully saturated rings. The number of halogens is 1. The average Bonchev–Trinajstić information content (AvgIpc) is 2.56. The van der Waals surface area contributed by atoms with Crippen molar-refractivity contribution in [3.8, 4) is 5.88 Å². The van der Waals surface area contributed by atoms with E-state index in [2.05, 4.69) is 32.8 Å². The number of benzene rings is 1. The van der Waals surface area contributed by atoms with Crippen LogP contribution in [0.25, 0.3) is 10.9 Å². The first kappa shape index (κ1) is 11.2. The molecule has 0 radical (unpaired) electrons. The number of hydrogen-bond donors (Lipinski definition) is 2. The van der Waals surface area contributed by atoms with Crippen LogP contribution < -0.4 is 0 Å². The fourth-order valence-corrected chi connectivity index (χ4v) is 1.95. The lowest BCUT2D eigenvalue weighted by Crippen LogP contribution is -1.82. The third-order valence-corrected chi connectivity index (χ3v) is 2.85. The lowest BCUT2D eigenvalue weighted by atomic mass is 10.2. The van der Waals surface area contributed by atoms with Gasteiger partial charge in [0.25, 0.3) is 0 Å². The minimum atomic E-state index is 0.174. The molecule has 0 bridgehead atoms. The van der Waals surface area contributed by atoms with Gasteiger partial charge in [-0.1, -0.05) is 22.9 Å². The molecule has 0 atom stereocenters. The predicted octanol–water partition coefficient (Wildman–Crippen LogP) is 3.46. The largest absolute Gasteiger partial charge is 0.494 e. The summed E-state index contributed by atoms with van der Waals surface area (Å²) in [5.74, 6) is 0.174. The number of aromatic amines is 1. The van der Waals surface area contributed by atoms with Crippen molar-refractivity contribution in [2.75, 3.05) is 6.54 Å². The Hall–Kier alpha value is -1.29. The van der Waals surface area contributed by atoms with Crippen LogP contribution in [0.3, 0.4) is 0 Å². The Morgan fingerprint density at radius 2 is 2.31 bits per heavy atom. The molecule has 3 nitrogen and oxygen atoms in total. The minimum absolute atomic E-state index is 0.174. The molecule has 1 aromatic carbocycles. The molecule has 16 heavy (non-hydrogen) atoms. The van der Waals surface area contributed by atoms with E-state index in [0.717, 1.165) is 33.9 Å². The summed E-state index contributed by atoms with van der Waals surface area (Å²) in [6, 6.07) is 5.83. The van der Waals surface area contributed by atoms with Crippen LogP contribution in [0.1, 0.15) is 18.9 Å². The van der Waals surface area contributed by atoms with Gasteiger partial charge in [0.2, 0.25) is 0 Å². The Balaban J connectivity index is 2.50. The SMILES string of the molecule is CCCN=Cc1c(O)[nH]c2ccc(Br)cc12. The van der Waals surface area contributed by atoms with Crippen LogP contribution in [0.15, 0.2) is 27.7 Å². The summed E-state index contributed by atoms with van der Waals surface area (Å²) in [4.78, 5) is 7.18. The number of nitrogens with zero attached hydrogens (tertiary/aromatic N) is 1. The van der Waals surface area contributed by atoms with Gasteiger partial charge in [0.15, 0.2) is 5.88 Å². The van der Waals surface area contributed by atoms with Crippen LogP contribution in [0, 0.1) is 0 Å². The lowest BCUT2D eigenvalue weighted by molar-refractivity contribution is 0.457. The van der Waals surface area contributed by atoms with Gasteiger partial charge in [-0.3, -0.25) is 4.99 Å². The normalized spacial score (nSPS) is 11.6. The van der Waals surface area contributed by atoms with Gasteiger partial charge in [-0.25, -0.2) is 0 Å². The Morgan fingerprint density at radius 1 is 1.50 bits per heavy atom. The minimum Gasteiger partial charge on any atom is -0.494 e. The van der Waals surface area contributed by atoms with Crippen molar-refractivity contribution in [3.63, 3.8) is 0 Å². The number of aromatic hydroxyl groups is 1. The molecule has 1 aromatic heterocycles. The van der Waals surface area contributed by atoms with E-state index < -0.39 is 0 Å². The van der Waals surface area contributed by atoms with Gasteiger partial charge in [-0.05, 0) is 24.6 Å². The van der Waals surface area contributed by atoms with Crippen molar-refractivity contribution in [1.29, 1.82) is 0 Å². The smallest absolute Gasteiger partial charge is 0.198 e. The Bertz CT molecular complexity index is 531. The highest BCUT2D eigenvalue weighted by Crippen LogP contribution is 2.28. The van der Waals surface area contributed by atoms with Gasteiger partial charge in [0, 0.05) is 28.1 Å². The van der Waals surface area contributed by atoms with E-state index in [-0.39, 0.29) is 5.88 Å². The highest BCUT2D eigenvalue weighted by Gasteiger charge is 2.08. The second kappa shape index (κ2) is 4.70. The maximum absolute atomic E-state index is 9.76. The fourth-order valence-electron chi connectivity index (χ4n) is 1.59. The molecule has 1 heterocycles. The van der Waals surface area contributed by atoms with E-state index in [4.69, 9.17) is 0 Å². The molecule has 0 aliphatic carbocycles. The van der Waals surface area contributed by atoms with Gasteiger partial charge in [-0.2, -0.15) is 0 Å². The molecule has 84 valence electrons. The zero-order valence-corrected chi connectivity index (χ0v) is 10.6. The number of aliphatic imine (C=N–C) groups is 1. The number of H-pyrrole nitrogens is 1. The fraction of sp³-hybridized carbons (Fsp3) is 0.250. The Labute approximate surface area is 102 Å². The highest BCUT2D eigenvalue weighted by molar-refractivity contribution is 9.10. The molecule has 0 amide bonds. The van der Waals surface area contributed by atoms with Crippen molar-refractivity contribution in [3.05, 3.63) is 28.2 Å². The summed E-state index contributed by atoms with van der Waals surface area (Å²) in [7, 11) is 0. The first-order valence-electron chi connectivity index (χ1n) is 5.22. The first-order valence-corrected chi connectivity index (χ1v) is 6.01. The van der Waals surface area contributed by atoms with Crippen LogP contribution in [0.5, 0.6) is 5.88 Å². The molecular formula is C12H13BrN2O. The predicted molar refractivity (Wildman–Crippen MR) is 70.4 cm³/mol. The molecular weight excluding hydrogens is 268 g/mol. The van der Waals surface area contributed by atoms with E-state index in [1.54, 1.807) is 6.21 Å². The summed E-state index contributed by atoms with van der Waals surface area (Å²) in [5, 5.41) is 10.7. The Morgan fingerprint density at radius 3 is 3.06 bits per heavy atom. The summed E-state index contributed by atoms with van der Waals surface area (Å²) < 4.78 is 0.990. The topological polar surface area (TPSA) is 48.4 Å². The maximum Gasteiger partial charge on any atom is 0.198 e. The van der Waals surface area contributed by atoms with E-state index in [1.807, 2.05) is 18.2 Å². The van der Waals surface area contributed by atoms with Crippen molar-refractivity contribution >= 4 is 33.0 Å². The van der Waals surface area contributed by atoms with E-state index in [1.165, 1.54) is 0 Å². The van der Waals surface area contributed by atoms with Gasteiger partial charge in [0.05, 0.1) is 5.56 Å². The molecule has 0 unspecified atom stereocenters. The summed E-state index contributed by atoms with van der Waals surface area (Å²) in [5.41, 5.74) is 1.67. The number of aromatic nitrogens is 1. The number of rotatable bonds is 3. The standard InChI is InChI=1S/C12H13BrN2O/c1-2-5-14-7-10-9-6-8(13)3-4-11(9)15-12(10)16/h3-4,6-7,15-16H,2,5H2,1H3. The van der Waals surface area contributed by atoms with Crippen LogP contribution in [-0.2, 0) is 0 Å². The molecule has 4 heteroatoms. The van der Waals surface area contributed by atoms with Gasteiger partial charge in [-0.15, -0.1) is 0 Å². The lowest BCUT2D eigenvalue weighted by Gasteiger charge is -1.93. The average molecular weight is 281 g/mol. The second-order valence-electron chi connectivity index (χ2n) is 3.61. The summed E-state index contributed by atoms with van der Waals surface area (Å²) in [6.45, 7) is 2.85. The van der Waals surface area contributed by atoms with Crippen LogP contribution in [0.4, 0.5) is 0 Å². The zero-order chi connectivity index (χ0) is 11.5. The second-order valence-corrected chi connectivity index (χ2v) is 4.53. The number of hydrogen-bond acceptors (Lipinski definition) is 2. The molecule has 0 saturated carbocycles. The van der Waals surface area contributed by atoms with Crippen LogP contribution in [-0.4, -0.2) is 22.8 Å². The molecule has 0 aliphatic heterocycles. The van der Waals surface area contributed by atoms with Crippen LogP contribution >= 0.6 is 15.9 Å². The van der Waals surface area contributed by atoms with E-state index >= 15 is 0 Å². The number of fused-ring (bicyclic) bond motifs is 1. The Kier molecular flexibility index (Phi) is 3.29. The van der Waals surface area contributed by atoms with Gasteiger partial charge in [0.1, 0.15) is 0 Å².